The molecular formula is C29H31F3N4O. The largest absolute Gasteiger partial charge is 0.416 e. The van der Waals surface area contributed by atoms with Gasteiger partial charge in [-0.1, -0.05) is 24.3 Å². The van der Waals surface area contributed by atoms with Crippen molar-refractivity contribution in [3.63, 3.8) is 0 Å². The Balaban J connectivity index is 1.47. The summed E-state index contributed by atoms with van der Waals surface area (Å²) in [5.41, 5.74) is 3.67. The number of likely N-dealkylation sites (tertiary alicyclic amines) is 1. The van der Waals surface area contributed by atoms with Gasteiger partial charge in [-0.2, -0.15) is 13.2 Å². The van der Waals surface area contributed by atoms with Crippen molar-refractivity contribution in [1.82, 2.24) is 14.8 Å². The van der Waals surface area contributed by atoms with E-state index in [-0.39, 0.29) is 11.9 Å². The van der Waals surface area contributed by atoms with E-state index < -0.39 is 11.7 Å². The minimum Gasteiger partial charge on any atom is -0.355 e. The van der Waals surface area contributed by atoms with Gasteiger partial charge in [0, 0.05) is 41.9 Å². The lowest BCUT2D eigenvalue weighted by molar-refractivity contribution is -0.137. The van der Waals surface area contributed by atoms with Crippen LogP contribution in [0.2, 0.25) is 0 Å². The standard InChI is InChI=1S/C29H31F3N4O/c1-21-19-26(13-16-33-21)34-25-10-5-23(6-11-25)20-36(27-14-17-35(2)18-15-27)28(37)12-7-22-3-8-24(9-4-22)29(30,31)32/h3-13,16,19,27H,14-15,17-18,20H2,1-2H3,(H,33,34)/b12-7+. The molecule has 194 valence electrons. The summed E-state index contributed by atoms with van der Waals surface area (Å²) in [6.07, 6.45) is 2.16. The first-order chi connectivity index (χ1) is 17.7. The fraction of sp³-hybridized carbons (Fsp3) is 0.310. The molecule has 0 saturated carbocycles. The molecule has 1 N–H and O–H groups in total. The summed E-state index contributed by atoms with van der Waals surface area (Å²) < 4.78 is 38.5. The number of amides is 1. The van der Waals surface area contributed by atoms with Crippen LogP contribution in [0.4, 0.5) is 24.5 Å². The van der Waals surface area contributed by atoms with Gasteiger partial charge < -0.3 is 15.1 Å². The molecule has 0 radical (unpaired) electrons. The summed E-state index contributed by atoms with van der Waals surface area (Å²) in [7, 11) is 2.07. The maximum absolute atomic E-state index is 13.3. The second kappa shape index (κ2) is 11.6. The minimum absolute atomic E-state index is 0.0959. The number of nitrogens with zero attached hydrogens (tertiary/aromatic N) is 3. The van der Waals surface area contributed by atoms with Gasteiger partial charge in [0.1, 0.15) is 0 Å². The number of nitrogens with one attached hydrogen (secondary N) is 1. The second-order valence-electron chi connectivity index (χ2n) is 9.46. The lowest BCUT2D eigenvalue weighted by Crippen LogP contribution is -2.45. The number of aryl methyl sites for hydroxylation is 1. The van der Waals surface area contributed by atoms with E-state index in [1.807, 2.05) is 48.2 Å². The third kappa shape index (κ3) is 7.43. The number of alkyl halides is 3. The number of carbonyl (C=O) groups is 1. The molecular weight excluding hydrogens is 477 g/mol. The summed E-state index contributed by atoms with van der Waals surface area (Å²) in [5.74, 6) is -0.149. The van der Waals surface area contributed by atoms with Crippen LogP contribution in [0.1, 0.15) is 35.2 Å². The molecule has 37 heavy (non-hydrogen) atoms. The fourth-order valence-electron chi connectivity index (χ4n) is 4.42. The second-order valence-corrected chi connectivity index (χ2v) is 9.46. The summed E-state index contributed by atoms with van der Waals surface area (Å²) >= 11 is 0. The number of hydrogen-bond donors (Lipinski definition) is 1. The molecule has 1 saturated heterocycles. The van der Waals surface area contributed by atoms with Crippen LogP contribution in [0.15, 0.2) is 72.9 Å². The zero-order valence-electron chi connectivity index (χ0n) is 21.0. The van der Waals surface area contributed by atoms with Crippen molar-refractivity contribution >= 4 is 23.4 Å². The maximum Gasteiger partial charge on any atom is 0.416 e. The maximum atomic E-state index is 13.3. The molecule has 8 heteroatoms. The van der Waals surface area contributed by atoms with Crippen LogP contribution < -0.4 is 5.32 Å². The van der Waals surface area contributed by atoms with Crippen LogP contribution in [-0.4, -0.2) is 46.9 Å². The van der Waals surface area contributed by atoms with Crippen LogP contribution in [0.25, 0.3) is 6.08 Å². The summed E-state index contributed by atoms with van der Waals surface area (Å²) in [6, 6.07) is 16.8. The molecule has 1 fully saturated rings. The molecule has 1 aliphatic rings. The van der Waals surface area contributed by atoms with Gasteiger partial charge in [-0.25, -0.2) is 0 Å². The number of benzene rings is 2. The minimum atomic E-state index is -4.38. The molecule has 0 unspecified atom stereocenters. The Morgan fingerprint density at radius 2 is 1.73 bits per heavy atom. The first kappa shape index (κ1) is 26.4. The lowest BCUT2D eigenvalue weighted by atomic mass is 10.0. The van der Waals surface area contributed by atoms with Crippen molar-refractivity contribution in [2.45, 2.75) is 38.5 Å². The molecule has 3 aromatic rings. The number of hydrogen-bond acceptors (Lipinski definition) is 4. The Hall–Kier alpha value is -3.65. The normalized spacial score (nSPS) is 15.2. The van der Waals surface area contributed by atoms with Crippen molar-refractivity contribution in [2.24, 2.45) is 0 Å². The molecule has 2 heterocycles. The lowest BCUT2D eigenvalue weighted by Gasteiger charge is -2.37. The van der Waals surface area contributed by atoms with Crippen molar-refractivity contribution in [3.05, 3.63) is 95.3 Å². The Bertz CT molecular complexity index is 1220. The van der Waals surface area contributed by atoms with Gasteiger partial charge in [0.05, 0.1) is 5.56 Å². The van der Waals surface area contributed by atoms with Gasteiger partial charge in [0.25, 0.3) is 0 Å². The van der Waals surface area contributed by atoms with E-state index in [4.69, 9.17) is 0 Å². The highest BCUT2D eigenvalue weighted by molar-refractivity contribution is 5.92. The quantitative estimate of drug-likeness (QED) is 0.381. The zero-order valence-corrected chi connectivity index (χ0v) is 21.0. The van der Waals surface area contributed by atoms with E-state index in [0.717, 1.165) is 60.7 Å². The SMILES string of the molecule is Cc1cc(Nc2ccc(CN(C(=O)/C=C/c3ccc(C(F)(F)F)cc3)C3CCN(C)CC3)cc2)ccn1. The van der Waals surface area contributed by atoms with E-state index in [2.05, 4.69) is 22.2 Å². The topological polar surface area (TPSA) is 48.5 Å². The van der Waals surface area contributed by atoms with E-state index >= 15 is 0 Å². The van der Waals surface area contributed by atoms with Crippen LogP contribution in [0.5, 0.6) is 0 Å². The van der Waals surface area contributed by atoms with Gasteiger partial charge >= 0.3 is 6.18 Å². The Morgan fingerprint density at radius 3 is 2.35 bits per heavy atom. The highest BCUT2D eigenvalue weighted by Gasteiger charge is 2.30. The predicted octanol–water partition coefficient (Wildman–Crippen LogP) is 6.29. The molecule has 5 nitrogen and oxygen atoms in total. The number of carbonyl (C=O) groups excluding carboxylic acids is 1. The van der Waals surface area contributed by atoms with Crippen LogP contribution >= 0.6 is 0 Å². The van der Waals surface area contributed by atoms with Gasteiger partial charge in [-0.3, -0.25) is 9.78 Å². The van der Waals surface area contributed by atoms with Crippen LogP contribution in [0.3, 0.4) is 0 Å². The number of anilines is 2. The zero-order chi connectivity index (χ0) is 26.4. The summed E-state index contributed by atoms with van der Waals surface area (Å²) in [4.78, 5) is 21.6. The molecule has 0 aliphatic carbocycles. The smallest absolute Gasteiger partial charge is 0.355 e. The molecule has 2 aromatic carbocycles. The number of aromatic nitrogens is 1. The van der Waals surface area contributed by atoms with E-state index in [1.54, 1.807) is 12.3 Å². The molecule has 1 amide bonds. The number of halogens is 3. The third-order valence-electron chi connectivity index (χ3n) is 6.56. The average Bonchev–Trinajstić information content (AvgIpc) is 2.87. The first-order valence-corrected chi connectivity index (χ1v) is 12.3. The average molecular weight is 509 g/mol. The number of pyridine rings is 1. The predicted molar refractivity (Wildman–Crippen MR) is 140 cm³/mol. The summed E-state index contributed by atoms with van der Waals surface area (Å²) in [6.45, 7) is 4.21. The molecule has 4 rings (SSSR count). The highest BCUT2D eigenvalue weighted by Crippen LogP contribution is 2.29. The fourth-order valence-corrected chi connectivity index (χ4v) is 4.42. The molecule has 0 atom stereocenters. The van der Waals surface area contributed by atoms with Crippen LogP contribution in [0, 0.1) is 6.92 Å². The van der Waals surface area contributed by atoms with Gasteiger partial charge in [-0.15, -0.1) is 0 Å². The van der Waals surface area contributed by atoms with Crippen molar-refractivity contribution < 1.29 is 18.0 Å². The Morgan fingerprint density at radius 1 is 1.05 bits per heavy atom. The third-order valence-corrected chi connectivity index (χ3v) is 6.56. The van der Waals surface area contributed by atoms with E-state index in [0.29, 0.717) is 12.1 Å². The monoisotopic (exact) mass is 508 g/mol. The van der Waals surface area contributed by atoms with E-state index in [1.165, 1.54) is 18.2 Å². The molecule has 1 aromatic heterocycles. The van der Waals surface area contributed by atoms with Crippen LogP contribution in [-0.2, 0) is 17.5 Å². The summed E-state index contributed by atoms with van der Waals surface area (Å²) in [5, 5.41) is 3.36. The highest BCUT2D eigenvalue weighted by atomic mass is 19.4. The number of rotatable bonds is 7. The Kier molecular flexibility index (Phi) is 8.28. The Labute approximate surface area is 215 Å². The van der Waals surface area contributed by atoms with Crippen molar-refractivity contribution in [2.75, 3.05) is 25.5 Å². The molecule has 1 aliphatic heterocycles. The number of piperidine rings is 1. The van der Waals surface area contributed by atoms with Gasteiger partial charge in [0.2, 0.25) is 5.91 Å². The van der Waals surface area contributed by atoms with E-state index in [9.17, 15) is 18.0 Å². The van der Waals surface area contributed by atoms with Gasteiger partial charge in [-0.05, 0) is 93.5 Å². The van der Waals surface area contributed by atoms with Gasteiger partial charge in [0.15, 0.2) is 0 Å². The van der Waals surface area contributed by atoms with Crippen molar-refractivity contribution in [3.8, 4) is 0 Å². The first-order valence-electron chi connectivity index (χ1n) is 12.3. The molecule has 0 spiro atoms. The molecule has 0 bridgehead atoms. The van der Waals surface area contributed by atoms with Crippen molar-refractivity contribution in [1.29, 1.82) is 0 Å².